The van der Waals surface area contributed by atoms with Gasteiger partial charge in [0.1, 0.15) is 6.61 Å². The van der Waals surface area contributed by atoms with E-state index in [-0.39, 0.29) is 6.61 Å². The van der Waals surface area contributed by atoms with Crippen molar-refractivity contribution >= 4 is 17.6 Å². The quantitative estimate of drug-likeness (QED) is 0.809. The van der Waals surface area contributed by atoms with E-state index in [2.05, 4.69) is 5.32 Å². The van der Waals surface area contributed by atoms with Crippen molar-refractivity contribution < 1.29 is 19.4 Å². The normalized spacial score (nSPS) is 11.3. The number of carbonyl (C=O) groups excluding carboxylic acids is 1. The van der Waals surface area contributed by atoms with Gasteiger partial charge in [-0.3, -0.25) is 4.79 Å². The maximum absolute atomic E-state index is 11.4. The van der Waals surface area contributed by atoms with Gasteiger partial charge in [-0.05, 0) is 31.2 Å². The summed E-state index contributed by atoms with van der Waals surface area (Å²) in [6.07, 6.45) is -1.03. The first-order valence-electron chi connectivity index (χ1n) is 5.17. The standard InChI is InChI=1S/C12H12N2O4/c1-8(12(16)17)18-7-11(15)14-10-4-2-9(6-13)3-5-10/h2-5,8H,7H2,1H3,(H,14,15)(H,16,17)/t8-/m1/s1. The zero-order valence-electron chi connectivity index (χ0n) is 9.71. The van der Waals surface area contributed by atoms with E-state index < -0.39 is 18.0 Å². The highest BCUT2D eigenvalue weighted by molar-refractivity contribution is 5.91. The van der Waals surface area contributed by atoms with E-state index in [0.717, 1.165) is 0 Å². The molecule has 0 aliphatic heterocycles. The molecule has 1 rings (SSSR count). The molecule has 0 spiro atoms. The van der Waals surface area contributed by atoms with Crippen LogP contribution in [0.25, 0.3) is 0 Å². The van der Waals surface area contributed by atoms with Crippen LogP contribution in [0.15, 0.2) is 24.3 Å². The number of nitrogens with zero attached hydrogens (tertiary/aromatic N) is 1. The van der Waals surface area contributed by atoms with Gasteiger partial charge in [0.2, 0.25) is 5.91 Å². The molecular formula is C12H12N2O4. The summed E-state index contributed by atoms with van der Waals surface area (Å²) >= 11 is 0. The van der Waals surface area contributed by atoms with E-state index in [9.17, 15) is 9.59 Å². The van der Waals surface area contributed by atoms with Crippen molar-refractivity contribution in [3.63, 3.8) is 0 Å². The van der Waals surface area contributed by atoms with Crippen LogP contribution < -0.4 is 5.32 Å². The Bertz CT molecular complexity index is 476. The van der Waals surface area contributed by atoms with Gasteiger partial charge in [0.15, 0.2) is 6.10 Å². The van der Waals surface area contributed by atoms with Gasteiger partial charge in [0.25, 0.3) is 0 Å². The van der Waals surface area contributed by atoms with Crippen molar-refractivity contribution in [3.8, 4) is 6.07 Å². The number of nitriles is 1. The summed E-state index contributed by atoms with van der Waals surface area (Å²) in [4.78, 5) is 21.9. The highest BCUT2D eigenvalue weighted by Gasteiger charge is 2.13. The third kappa shape index (κ3) is 4.23. The van der Waals surface area contributed by atoms with E-state index in [1.54, 1.807) is 24.3 Å². The second kappa shape index (κ2) is 6.37. The molecule has 1 amide bonds. The molecular weight excluding hydrogens is 236 g/mol. The highest BCUT2D eigenvalue weighted by Crippen LogP contribution is 2.08. The molecule has 18 heavy (non-hydrogen) atoms. The lowest BCUT2D eigenvalue weighted by molar-refractivity contribution is -0.150. The summed E-state index contributed by atoms with van der Waals surface area (Å²) in [5.74, 6) is -1.58. The van der Waals surface area contributed by atoms with E-state index in [1.165, 1.54) is 6.92 Å². The monoisotopic (exact) mass is 248 g/mol. The molecule has 1 aromatic carbocycles. The molecule has 0 unspecified atom stereocenters. The number of amides is 1. The summed E-state index contributed by atoms with van der Waals surface area (Å²) in [5, 5.41) is 19.7. The first-order chi connectivity index (χ1) is 8.52. The molecule has 0 aromatic heterocycles. The molecule has 0 fully saturated rings. The Balaban J connectivity index is 2.45. The zero-order valence-corrected chi connectivity index (χ0v) is 9.71. The molecule has 0 aliphatic rings. The van der Waals surface area contributed by atoms with Gasteiger partial charge in [0.05, 0.1) is 11.6 Å². The van der Waals surface area contributed by atoms with Crippen LogP contribution in [0.2, 0.25) is 0 Å². The number of rotatable bonds is 5. The van der Waals surface area contributed by atoms with Gasteiger partial charge in [-0.15, -0.1) is 0 Å². The largest absolute Gasteiger partial charge is 0.479 e. The van der Waals surface area contributed by atoms with Crippen molar-refractivity contribution in [3.05, 3.63) is 29.8 Å². The fourth-order valence-electron chi connectivity index (χ4n) is 1.10. The third-order valence-electron chi connectivity index (χ3n) is 2.11. The zero-order chi connectivity index (χ0) is 13.5. The van der Waals surface area contributed by atoms with Gasteiger partial charge in [-0.25, -0.2) is 4.79 Å². The lowest BCUT2D eigenvalue weighted by atomic mass is 10.2. The number of hydrogen-bond donors (Lipinski definition) is 2. The minimum absolute atomic E-state index is 0.340. The Morgan fingerprint density at radius 1 is 1.44 bits per heavy atom. The summed E-state index contributed by atoms with van der Waals surface area (Å²) in [6.45, 7) is 1.00. The SMILES string of the molecule is C[C@@H](OCC(=O)Nc1ccc(C#N)cc1)C(=O)O. The van der Waals surface area contributed by atoms with Crippen LogP contribution in [-0.4, -0.2) is 29.7 Å². The molecule has 6 nitrogen and oxygen atoms in total. The van der Waals surface area contributed by atoms with Gasteiger partial charge < -0.3 is 15.2 Å². The number of carboxylic acids is 1. The Labute approximate surface area is 104 Å². The van der Waals surface area contributed by atoms with Crippen LogP contribution >= 0.6 is 0 Å². The molecule has 2 N–H and O–H groups in total. The number of carbonyl (C=O) groups is 2. The number of hydrogen-bond acceptors (Lipinski definition) is 4. The smallest absolute Gasteiger partial charge is 0.332 e. The second-order valence-electron chi connectivity index (χ2n) is 3.53. The lowest BCUT2D eigenvalue weighted by Crippen LogP contribution is -2.26. The number of benzene rings is 1. The third-order valence-corrected chi connectivity index (χ3v) is 2.11. The predicted octanol–water partition coefficient (Wildman–Crippen LogP) is 0.986. The van der Waals surface area contributed by atoms with Crippen molar-refractivity contribution in [2.75, 3.05) is 11.9 Å². The average Bonchev–Trinajstić information content (AvgIpc) is 2.36. The Hall–Kier alpha value is -2.39. The molecule has 0 aliphatic carbocycles. The van der Waals surface area contributed by atoms with Crippen molar-refractivity contribution in [1.29, 1.82) is 5.26 Å². The molecule has 1 aromatic rings. The van der Waals surface area contributed by atoms with Crippen LogP contribution in [0.5, 0.6) is 0 Å². The highest BCUT2D eigenvalue weighted by atomic mass is 16.5. The summed E-state index contributed by atoms with van der Waals surface area (Å²) < 4.78 is 4.82. The molecule has 0 saturated heterocycles. The van der Waals surface area contributed by atoms with Gasteiger partial charge >= 0.3 is 5.97 Å². The summed E-state index contributed by atoms with van der Waals surface area (Å²) in [5.41, 5.74) is 1.01. The molecule has 6 heteroatoms. The number of ether oxygens (including phenoxy) is 1. The number of carboxylic acid groups (broad SMARTS) is 1. The van der Waals surface area contributed by atoms with E-state index in [4.69, 9.17) is 15.1 Å². The minimum atomic E-state index is -1.12. The fraction of sp³-hybridized carbons (Fsp3) is 0.250. The van der Waals surface area contributed by atoms with E-state index in [1.807, 2.05) is 6.07 Å². The fourth-order valence-corrected chi connectivity index (χ4v) is 1.10. The maximum atomic E-state index is 11.4. The first-order valence-corrected chi connectivity index (χ1v) is 5.17. The molecule has 94 valence electrons. The predicted molar refractivity (Wildman–Crippen MR) is 62.8 cm³/mol. The van der Waals surface area contributed by atoms with Crippen molar-refractivity contribution in [2.45, 2.75) is 13.0 Å². The van der Waals surface area contributed by atoms with Crippen LogP contribution in [0.4, 0.5) is 5.69 Å². The minimum Gasteiger partial charge on any atom is -0.479 e. The summed E-state index contributed by atoms with van der Waals surface area (Å²) in [7, 11) is 0. The number of nitrogens with one attached hydrogen (secondary N) is 1. The first kappa shape index (κ1) is 13.7. The lowest BCUT2D eigenvalue weighted by Gasteiger charge is -2.08. The van der Waals surface area contributed by atoms with Crippen LogP contribution in [-0.2, 0) is 14.3 Å². The topological polar surface area (TPSA) is 99.4 Å². The molecule has 1 atom stereocenters. The Kier molecular flexibility index (Phi) is 4.84. The van der Waals surface area contributed by atoms with Gasteiger partial charge in [-0.2, -0.15) is 5.26 Å². The molecule has 0 saturated carbocycles. The van der Waals surface area contributed by atoms with Crippen LogP contribution in [0.1, 0.15) is 12.5 Å². The molecule has 0 bridgehead atoms. The van der Waals surface area contributed by atoms with E-state index in [0.29, 0.717) is 11.3 Å². The van der Waals surface area contributed by atoms with Gasteiger partial charge in [0, 0.05) is 5.69 Å². The van der Waals surface area contributed by atoms with E-state index >= 15 is 0 Å². The Morgan fingerprint density at radius 2 is 2.06 bits per heavy atom. The average molecular weight is 248 g/mol. The second-order valence-corrected chi connectivity index (χ2v) is 3.53. The number of anilines is 1. The van der Waals surface area contributed by atoms with Crippen LogP contribution in [0, 0.1) is 11.3 Å². The maximum Gasteiger partial charge on any atom is 0.332 e. The van der Waals surface area contributed by atoms with Gasteiger partial charge in [-0.1, -0.05) is 0 Å². The molecule has 0 heterocycles. The molecule has 0 radical (unpaired) electrons. The van der Waals surface area contributed by atoms with Crippen LogP contribution in [0.3, 0.4) is 0 Å². The Morgan fingerprint density at radius 3 is 2.56 bits per heavy atom. The number of aliphatic carboxylic acids is 1. The summed E-state index contributed by atoms with van der Waals surface area (Å²) in [6, 6.07) is 8.25. The van der Waals surface area contributed by atoms with Crippen molar-refractivity contribution in [2.24, 2.45) is 0 Å². The van der Waals surface area contributed by atoms with Crippen molar-refractivity contribution in [1.82, 2.24) is 0 Å².